The number of hydrogen-bond acceptors (Lipinski definition) is 4. The molecule has 3 N–H and O–H groups in total. The summed E-state index contributed by atoms with van der Waals surface area (Å²) in [5.74, 6) is 0.157. The molecule has 0 saturated carbocycles. The summed E-state index contributed by atoms with van der Waals surface area (Å²) in [4.78, 5) is 17.7. The molecule has 98 valence electrons. The molecule has 6 heteroatoms. The molecule has 0 aliphatic carbocycles. The van der Waals surface area contributed by atoms with Crippen molar-refractivity contribution >= 4 is 11.9 Å². The zero-order valence-electron chi connectivity index (χ0n) is 11.0. The number of nitrogens with two attached hydrogens (primary N) is 1. The fourth-order valence-corrected chi connectivity index (χ4v) is 2.05. The molecule has 2 rings (SSSR count). The Labute approximate surface area is 106 Å². The van der Waals surface area contributed by atoms with Crippen molar-refractivity contribution in [3.8, 4) is 0 Å². The maximum Gasteiger partial charge on any atom is 0.291 e. The lowest BCUT2D eigenvalue weighted by molar-refractivity contribution is 0.0753. The predicted molar refractivity (Wildman–Crippen MR) is 68.9 cm³/mol. The molecule has 0 aromatic carbocycles. The van der Waals surface area contributed by atoms with Crippen molar-refractivity contribution in [1.29, 1.82) is 0 Å². The molecular weight excluding hydrogens is 230 g/mol. The lowest BCUT2D eigenvalue weighted by atomic mass is 9.83. The lowest BCUT2D eigenvalue weighted by Gasteiger charge is -2.31. The summed E-state index contributed by atoms with van der Waals surface area (Å²) in [7, 11) is 0. The number of carbonyl (C=O) groups excluding carboxylic acids is 1. The van der Waals surface area contributed by atoms with E-state index in [2.05, 4.69) is 42.0 Å². The van der Waals surface area contributed by atoms with E-state index >= 15 is 0 Å². The van der Waals surface area contributed by atoms with E-state index in [1.807, 2.05) is 0 Å². The molecule has 0 unspecified atom stereocenters. The number of aromatic amines is 1. The Bertz CT molecular complexity index is 483. The maximum absolute atomic E-state index is 12.1. The van der Waals surface area contributed by atoms with Crippen LogP contribution in [-0.4, -0.2) is 39.1 Å². The van der Waals surface area contributed by atoms with Gasteiger partial charge in [0.25, 0.3) is 5.91 Å². The van der Waals surface area contributed by atoms with Gasteiger partial charge in [0.2, 0.25) is 11.8 Å². The Kier molecular flexibility index (Phi) is 3.11. The summed E-state index contributed by atoms with van der Waals surface area (Å²) in [5, 5.41) is 6.21. The van der Waals surface area contributed by atoms with Crippen LogP contribution in [-0.2, 0) is 0 Å². The number of aromatic nitrogens is 3. The zero-order valence-corrected chi connectivity index (χ0v) is 11.0. The van der Waals surface area contributed by atoms with Gasteiger partial charge in [0.1, 0.15) is 0 Å². The number of amides is 1. The lowest BCUT2D eigenvalue weighted by Crippen LogP contribution is -2.37. The van der Waals surface area contributed by atoms with Crippen molar-refractivity contribution in [2.24, 2.45) is 5.41 Å². The number of nitrogens with one attached hydrogen (secondary N) is 1. The standard InChI is InChI=1S/C12H19N5O/c1-12(2,3)8-4-6-17(7-5-8)10(18)9-14-11(13)16-15-9/h4H,5-7H2,1-3H3,(H3,13,14,15,16). The Balaban J connectivity index is 2.06. The normalized spacial score (nSPS) is 16.6. The molecule has 0 spiro atoms. The highest BCUT2D eigenvalue weighted by molar-refractivity contribution is 5.90. The summed E-state index contributed by atoms with van der Waals surface area (Å²) in [6, 6.07) is 0. The SMILES string of the molecule is CC(C)(C)C1=CCN(C(=O)c2nc(N)n[nH]2)CC1. The molecule has 1 aliphatic heterocycles. The number of nitrogens with zero attached hydrogens (tertiary/aromatic N) is 3. The van der Waals surface area contributed by atoms with Crippen LogP contribution < -0.4 is 5.73 Å². The molecule has 0 saturated heterocycles. The van der Waals surface area contributed by atoms with Gasteiger partial charge in [0, 0.05) is 13.1 Å². The quantitative estimate of drug-likeness (QED) is 0.732. The largest absolute Gasteiger partial charge is 0.366 e. The van der Waals surface area contributed by atoms with Gasteiger partial charge in [-0.25, -0.2) is 0 Å². The Morgan fingerprint density at radius 3 is 2.67 bits per heavy atom. The molecule has 1 amide bonds. The van der Waals surface area contributed by atoms with Crippen LogP contribution in [0, 0.1) is 5.41 Å². The highest BCUT2D eigenvalue weighted by Gasteiger charge is 2.25. The van der Waals surface area contributed by atoms with E-state index in [4.69, 9.17) is 5.73 Å². The third-order valence-corrected chi connectivity index (χ3v) is 3.16. The number of H-pyrrole nitrogens is 1. The van der Waals surface area contributed by atoms with E-state index in [-0.39, 0.29) is 23.1 Å². The van der Waals surface area contributed by atoms with Gasteiger partial charge in [0.05, 0.1) is 0 Å². The number of anilines is 1. The summed E-state index contributed by atoms with van der Waals surface area (Å²) >= 11 is 0. The van der Waals surface area contributed by atoms with Crippen molar-refractivity contribution < 1.29 is 4.79 Å². The Morgan fingerprint density at radius 1 is 1.50 bits per heavy atom. The summed E-state index contributed by atoms with van der Waals surface area (Å²) in [6.07, 6.45) is 3.03. The molecule has 0 fully saturated rings. The molecular formula is C12H19N5O. The topological polar surface area (TPSA) is 87.9 Å². The minimum atomic E-state index is -0.150. The Hall–Kier alpha value is -1.85. The average Bonchev–Trinajstić information content (AvgIpc) is 2.74. The summed E-state index contributed by atoms with van der Waals surface area (Å²) in [5.41, 5.74) is 6.95. The van der Waals surface area contributed by atoms with Crippen LogP contribution in [0.1, 0.15) is 37.8 Å². The van der Waals surface area contributed by atoms with Gasteiger partial charge in [-0.1, -0.05) is 32.4 Å². The van der Waals surface area contributed by atoms with Crippen LogP contribution in [0.5, 0.6) is 0 Å². The highest BCUT2D eigenvalue weighted by Crippen LogP contribution is 2.30. The van der Waals surface area contributed by atoms with E-state index in [1.54, 1.807) is 4.90 Å². The minimum absolute atomic E-state index is 0.0984. The molecule has 0 atom stereocenters. The van der Waals surface area contributed by atoms with E-state index < -0.39 is 0 Å². The second kappa shape index (κ2) is 4.44. The van der Waals surface area contributed by atoms with E-state index in [1.165, 1.54) is 5.57 Å². The second-order valence-corrected chi connectivity index (χ2v) is 5.52. The van der Waals surface area contributed by atoms with E-state index in [9.17, 15) is 4.79 Å². The zero-order chi connectivity index (χ0) is 13.3. The fraction of sp³-hybridized carbons (Fsp3) is 0.583. The maximum atomic E-state index is 12.1. The minimum Gasteiger partial charge on any atom is -0.366 e. The first-order chi connectivity index (χ1) is 8.38. The van der Waals surface area contributed by atoms with Gasteiger partial charge in [-0.05, 0) is 11.8 Å². The van der Waals surface area contributed by atoms with Crippen LogP contribution >= 0.6 is 0 Å². The van der Waals surface area contributed by atoms with Crippen LogP contribution in [0.25, 0.3) is 0 Å². The van der Waals surface area contributed by atoms with Crippen molar-refractivity contribution in [3.63, 3.8) is 0 Å². The molecule has 1 aromatic rings. The first-order valence-corrected chi connectivity index (χ1v) is 6.04. The van der Waals surface area contributed by atoms with E-state index in [0.29, 0.717) is 13.1 Å². The van der Waals surface area contributed by atoms with Crippen LogP contribution in [0.4, 0.5) is 5.95 Å². The van der Waals surface area contributed by atoms with Crippen molar-refractivity contribution in [2.75, 3.05) is 18.8 Å². The second-order valence-electron chi connectivity index (χ2n) is 5.52. The monoisotopic (exact) mass is 249 g/mol. The van der Waals surface area contributed by atoms with Crippen molar-refractivity contribution in [2.45, 2.75) is 27.2 Å². The smallest absolute Gasteiger partial charge is 0.291 e. The summed E-state index contributed by atoms with van der Waals surface area (Å²) in [6.45, 7) is 7.89. The van der Waals surface area contributed by atoms with Crippen molar-refractivity contribution in [1.82, 2.24) is 20.1 Å². The third-order valence-electron chi connectivity index (χ3n) is 3.16. The molecule has 1 aliphatic rings. The van der Waals surface area contributed by atoms with Gasteiger partial charge < -0.3 is 10.6 Å². The molecule has 0 radical (unpaired) electrons. The first-order valence-electron chi connectivity index (χ1n) is 6.04. The number of nitrogen functional groups attached to an aromatic ring is 1. The number of carbonyl (C=O) groups is 1. The first kappa shape index (κ1) is 12.6. The molecule has 18 heavy (non-hydrogen) atoms. The Morgan fingerprint density at radius 2 is 2.22 bits per heavy atom. The third kappa shape index (κ3) is 2.52. The molecule has 0 bridgehead atoms. The predicted octanol–water partition coefficient (Wildman–Crippen LogP) is 1.21. The van der Waals surface area contributed by atoms with Gasteiger partial charge in [-0.3, -0.25) is 9.89 Å². The molecule has 2 heterocycles. The van der Waals surface area contributed by atoms with Crippen LogP contribution in [0.3, 0.4) is 0 Å². The number of hydrogen-bond donors (Lipinski definition) is 2. The van der Waals surface area contributed by atoms with Gasteiger partial charge >= 0.3 is 0 Å². The van der Waals surface area contributed by atoms with Gasteiger partial charge in [-0.15, -0.1) is 5.10 Å². The number of rotatable bonds is 1. The highest BCUT2D eigenvalue weighted by atomic mass is 16.2. The summed E-state index contributed by atoms with van der Waals surface area (Å²) < 4.78 is 0. The molecule has 6 nitrogen and oxygen atoms in total. The van der Waals surface area contributed by atoms with Gasteiger partial charge in [0.15, 0.2) is 0 Å². The van der Waals surface area contributed by atoms with Gasteiger partial charge in [-0.2, -0.15) is 4.98 Å². The molecule has 1 aromatic heterocycles. The van der Waals surface area contributed by atoms with Crippen molar-refractivity contribution in [3.05, 3.63) is 17.5 Å². The fourth-order valence-electron chi connectivity index (χ4n) is 2.05. The van der Waals surface area contributed by atoms with E-state index in [0.717, 1.165) is 6.42 Å². The van der Waals surface area contributed by atoms with Crippen LogP contribution in [0.15, 0.2) is 11.6 Å². The van der Waals surface area contributed by atoms with Crippen LogP contribution in [0.2, 0.25) is 0 Å². The average molecular weight is 249 g/mol.